The highest BCUT2D eigenvalue weighted by Gasteiger charge is 2.21. The number of rotatable bonds is 3. The topological polar surface area (TPSA) is 66.1 Å². The van der Waals surface area contributed by atoms with Crippen molar-refractivity contribution in [2.24, 2.45) is 0 Å². The number of thiophene rings is 1. The summed E-state index contributed by atoms with van der Waals surface area (Å²) in [7, 11) is 0. The maximum absolute atomic E-state index is 12.3. The largest absolute Gasteiger partial charge is 0.338 e. The molecule has 0 atom stereocenters. The number of hydrogen-bond acceptors (Lipinski definition) is 4. The van der Waals surface area contributed by atoms with Gasteiger partial charge in [-0.15, -0.1) is 11.3 Å². The second kappa shape index (κ2) is 4.89. The highest BCUT2D eigenvalue weighted by molar-refractivity contribution is 7.20. The first kappa shape index (κ1) is 12.8. The van der Waals surface area contributed by atoms with Crippen molar-refractivity contribution in [3.8, 4) is 0 Å². The van der Waals surface area contributed by atoms with Crippen LogP contribution < -0.4 is 5.56 Å². The Balaban J connectivity index is 2.59. The number of aryl methyl sites for hydroxylation is 1. The standard InChI is InChI=1S/C12H15N3O2S/c1-4-15(5-2)12(17)9-7(3)8-10(16)13-6-14-11(8)18-9/h6H,4-5H2,1-3H3,(H,13,14,16). The van der Waals surface area contributed by atoms with E-state index in [4.69, 9.17) is 0 Å². The van der Waals surface area contributed by atoms with Gasteiger partial charge in [-0.05, 0) is 26.3 Å². The molecule has 0 aliphatic rings. The van der Waals surface area contributed by atoms with Gasteiger partial charge in [-0.25, -0.2) is 4.98 Å². The van der Waals surface area contributed by atoms with Gasteiger partial charge in [0, 0.05) is 13.1 Å². The van der Waals surface area contributed by atoms with Crippen molar-refractivity contribution in [3.05, 3.63) is 27.1 Å². The molecule has 6 heteroatoms. The molecule has 0 aliphatic heterocycles. The molecule has 1 N–H and O–H groups in total. The lowest BCUT2D eigenvalue weighted by molar-refractivity contribution is 0.0777. The minimum absolute atomic E-state index is 0.0279. The second-order valence-corrected chi connectivity index (χ2v) is 4.94. The minimum atomic E-state index is -0.188. The Labute approximate surface area is 108 Å². The van der Waals surface area contributed by atoms with Gasteiger partial charge in [0.25, 0.3) is 11.5 Å². The number of amides is 1. The molecule has 0 spiro atoms. The number of H-pyrrole nitrogens is 1. The van der Waals surface area contributed by atoms with Crippen LogP contribution in [-0.4, -0.2) is 33.9 Å². The van der Waals surface area contributed by atoms with Gasteiger partial charge in [-0.1, -0.05) is 0 Å². The van der Waals surface area contributed by atoms with Crippen molar-refractivity contribution >= 4 is 27.5 Å². The van der Waals surface area contributed by atoms with Gasteiger partial charge in [-0.2, -0.15) is 0 Å². The fraction of sp³-hybridized carbons (Fsp3) is 0.417. The van der Waals surface area contributed by atoms with E-state index in [2.05, 4.69) is 9.97 Å². The summed E-state index contributed by atoms with van der Waals surface area (Å²) in [4.78, 5) is 33.7. The Morgan fingerprint density at radius 2 is 2.11 bits per heavy atom. The zero-order valence-electron chi connectivity index (χ0n) is 10.6. The Bertz CT molecular complexity index is 640. The van der Waals surface area contributed by atoms with Crippen LogP contribution in [0.25, 0.3) is 10.2 Å². The molecule has 0 fully saturated rings. The van der Waals surface area contributed by atoms with Crippen molar-refractivity contribution in [2.75, 3.05) is 13.1 Å². The molecule has 2 rings (SSSR count). The van der Waals surface area contributed by atoms with Crippen LogP contribution in [0, 0.1) is 6.92 Å². The average Bonchev–Trinajstić information content (AvgIpc) is 2.69. The number of aromatic amines is 1. The number of carbonyl (C=O) groups is 1. The zero-order valence-corrected chi connectivity index (χ0v) is 11.4. The van der Waals surface area contributed by atoms with Gasteiger partial charge in [0.15, 0.2) is 0 Å². The van der Waals surface area contributed by atoms with Gasteiger partial charge in [0.05, 0.1) is 16.6 Å². The van der Waals surface area contributed by atoms with Gasteiger partial charge in [0.1, 0.15) is 4.83 Å². The summed E-state index contributed by atoms with van der Waals surface area (Å²) in [5.41, 5.74) is 0.536. The van der Waals surface area contributed by atoms with E-state index in [1.54, 1.807) is 11.8 Å². The lowest BCUT2D eigenvalue weighted by Crippen LogP contribution is -2.30. The quantitative estimate of drug-likeness (QED) is 0.919. The fourth-order valence-electron chi connectivity index (χ4n) is 1.94. The molecule has 2 aromatic heterocycles. The maximum Gasteiger partial charge on any atom is 0.264 e. The monoisotopic (exact) mass is 265 g/mol. The molecule has 0 radical (unpaired) electrons. The number of nitrogens with zero attached hydrogens (tertiary/aromatic N) is 2. The van der Waals surface area contributed by atoms with Crippen molar-refractivity contribution in [2.45, 2.75) is 20.8 Å². The van der Waals surface area contributed by atoms with Gasteiger partial charge < -0.3 is 9.88 Å². The highest BCUT2D eigenvalue weighted by atomic mass is 32.1. The Morgan fingerprint density at radius 1 is 1.44 bits per heavy atom. The van der Waals surface area contributed by atoms with E-state index in [9.17, 15) is 9.59 Å². The van der Waals surface area contributed by atoms with E-state index in [0.29, 0.717) is 28.2 Å². The summed E-state index contributed by atoms with van der Waals surface area (Å²) in [5.74, 6) is -0.0279. The molecule has 2 aromatic rings. The third-order valence-electron chi connectivity index (χ3n) is 2.98. The predicted octanol–water partition coefficient (Wildman–Crippen LogP) is 1.78. The molecule has 18 heavy (non-hydrogen) atoms. The molecule has 0 saturated heterocycles. The summed E-state index contributed by atoms with van der Waals surface area (Å²) in [6, 6.07) is 0. The van der Waals surface area contributed by atoms with Gasteiger partial charge in [-0.3, -0.25) is 9.59 Å². The van der Waals surface area contributed by atoms with Crippen LogP contribution in [0.2, 0.25) is 0 Å². The van der Waals surface area contributed by atoms with Crippen LogP contribution in [0.5, 0.6) is 0 Å². The molecular weight excluding hydrogens is 250 g/mol. The Kier molecular flexibility index (Phi) is 3.47. The minimum Gasteiger partial charge on any atom is -0.338 e. The van der Waals surface area contributed by atoms with E-state index in [0.717, 1.165) is 5.56 Å². The summed E-state index contributed by atoms with van der Waals surface area (Å²) >= 11 is 1.28. The molecule has 0 saturated carbocycles. The van der Waals surface area contributed by atoms with Crippen LogP contribution in [0.3, 0.4) is 0 Å². The van der Waals surface area contributed by atoms with E-state index in [-0.39, 0.29) is 11.5 Å². The summed E-state index contributed by atoms with van der Waals surface area (Å²) < 4.78 is 0. The molecule has 96 valence electrons. The smallest absolute Gasteiger partial charge is 0.264 e. The average molecular weight is 265 g/mol. The molecule has 2 heterocycles. The predicted molar refractivity (Wildman–Crippen MR) is 72.2 cm³/mol. The zero-order chi connectivity index (χ0) is 13.3. The maximum atomic E-state index is 12.3. The molecule has 0 bridgehead atoms. The molecule has 0 unspecified atom stereocenters. The number of nitrogens with one attached hydrogen (secondary N) is 1. The highest BCUT2D eigenvalue weighted by Crippen LogP contribution is 2.27. The first-order valence-electron chi connectivity index (χ1n) is 5.86. The SMILES string of the molecule is CCN(CC)C(=O)c1sc2nc[nH]c(=O)c2c1C. The third-order valence-corrected chi connectivity index (χ3v) is 4.17. The van der Waals surface area contributed by atoms with Crippen LogP contribution in [0.15, 0.2) is 11.1 Å². The fourth-order valence-corrected chi connectivity index (χ4v) is 3.05. The van der Waals surface area contributed by atoms with E-state index < -0.39 is 0 Å². The molecule has 0 aromatic carbocycles. The van der Waals surface area contributed by atoms with Crippen LogP contribution in [-0.2, 0) is 0 Å². The van der Waals surface area contributed by atoms with Crippen molar-refractivity contribution in [3.63, 3.8) is 0 Å². The number of carbonyl (C=O) groups excluding carboxylic acids is 1. The summed E-state index contributed by atoms with van der Waals surface area (Å²) in [6.45, 7) is 7.00. The van der Waals surface area contributed by atoms with Crippen molar-refractivity contribution in [1.82, 2.24) is 14.9 Å². The van der Waals surface area contributed by atoms with E-state index >= 15 is 0 Å². The normalized spacial score (nSPS) is 10.8. The number of aromatic nitrogens is 2. The molecule has 0 aliphatic carbocycles. The molecular formula is C12H15N3O2S. The second-order valence-electron chi connectivity index (χ2n) is 3.95. The van der Waals surface area contributed by atoms with Crippen LogP contribution >= 0.6 is 11.3 Å². The summed E-state index contributed by atoms with van der Waals surface area (Å²) in [5, 5.41) is 0.526. The molecule has 5 nitrogen and oxygen atoms in total. The van der Waals surface area contributed by atoms with Gasteiger partial charge >= 0.3 is 0 Å². The van der Waals surface area contributed by atoms with Crippen LogP contribution in [0.1, 0.15) is 29.1 Å². The summed E-state index contributed by atoms with van der Waals surface area (Å²) in [6.07, 6.45) is 1.37. The van der Waals surface area contributed by atoms with Crippen LogP contribution in [0.4, 0.5) is 0 Å². The van der Waals surface area contributed by atoms with Crippen molar-refractivity contribution in [1.29, 1.82) is 0 Å². The van der Waals surface area contributed by atoms with Crippen molar-refractivity contribution < 1.29 is 4.79 Å². The van der Waals surface area contributed by atoms with E-state index in [1.807, 2.05) is 13.8 Å². The lowest BCUT2D eigenvalue weighted by Gasteiger charge is -2.17. The Morgan fingerprint density at radius 3 is 2.67 bits per heavy atom. The number of fused-ring (bicyclic) bond motifs is 1. The third kappa shape index (κ3) is 1.92. The first-order valence-corrected chi connectivity index (χ1v) is 6.67. The van der Waals surface area contributed by atoms with Gasteiger partial charge in [0.2, 0.25) is 0 Å². The molecule has 1 amide bonds. The van der Waals surface area contributed by atoms with E-state index in [1.165, 1.54) is 17.7 Å². The lowest BCUT2D eigenvalue weighted by atomic mass is 10.2. The Hall–Kier alpha value is -1.69. The number of hydrogen-bond donors (Lipinski definition) is 1. The first-order chi connectivity index (χ1) is 8.60.